The maximum absolute atomic E-state index is 13.6. The van der Waals surface area contributed by atoms with Gasteiger partial charge in [-0.15, -0.1) is 0 Å². The van der Waals surface area contributed by atoms with Gasteiger partial charge in [-0.3, -0.25) is 19.2 Å². The Morgan fingerprint density at radius 2 is 1.90 bits per heavy atom. The summed E-state index contributed by atoms with van der Waals surface area (Å²) in [5, 5.41) is 17.0. The third-order valence-electron chi connectivity index (χ3n) is 8.77. The SMILES string of the molecule is CCCC(=O)N[C@H](CC(N)=O)C(=O)N[C@@H](C)/C=C/C(=O)Oc1ccc2nc3c(c(CC)c2c1)Cn1c-3cc2c(c1=O)COC(=O)[C@]2(O)CC. The quantitative estimate of drug-likeness (QED) is 0.0973. The molecular formula is C35H39N5O9. The van der Waals surface area contributed by atoms with Gasteiger partial charge in [-0.25, -0.2) is 14.6 Å². The first kappa shape index (κ1) is 35.0. The number of esters is 2. The molecule has 0 fully saturated rings. The lowest BCUT2D eigenvalue weighted by Gasteiger charge is -2.31. The van der Waals surface area contributed by atoms with Crippen molar-refractivity contribution in [2.75, 3.05) is 0 Å². The molecule has 258 valence electrons. The molecule has 0 unspecified atom stereocenters. The zero-order chi connectivity index (χ0) is 35.6. The van der Waals surface area contributed by atoms with Crippen LogP contribution < -0.4 is 26.7 Å². The second kappa shape index (κ2) is 14.0. The van der Waals surface area contributed by atoms with Gasteiger partial charge in [0, 0.05) is 35.1 Å². The third kappa shape index (κ3) is 6.81. The van der Waals surface area contributed by atoms with Gasteiger partial charge < -0.3 is 35.5 Å². The molecule has 3 atom stereocenters. The molecule has 0 aliphatic carbocycles. The highest BCUT2D eigenvalue weighted by Crippen LogP contribution is 2.40. The molecule has 0 spiro atoms. The molecule has 4 heterocycles. The van der Waals surface area contributed by atoms with Crippen LogP contribution in [0.25, 0.3) is 22.3 Å². The Balaban J connectivity index is 1.35. The standard InChI is InChI=1S/C35H39N5O9/c1-5-8-29(42)38-26(15-28(36)41)32(44)37-18(4)9-12-30(43)49-19-10-11-25-21(13-19)20(6-2)22-16-40-27(31(22)39-25)14-24-23(33(40)45)17-48-34(46)35(24,47)7-3/h9-14,18,26,47H,5-8,15-17H2,1-4H3,(H2,36,41)(H,37,44)(H,38,42)/b12-9+/t18-,26+,35-/m0/s1. The molecule has 0 bridgehead atoms. The van der Waals surface area contributed by atoms with Gasteiger partial charge >= 0.3 is 11.9 Å². The number of hydrogen-bond donors (Lipinski definition) is 4. The van der Waals surface area contributed by atoms with Crippen molar-refractivity contribution in [3.8, 4) is 17.1 Å². The molecule has 0 saturated carbocycles. The third-order valence-corrected chi connectivity index (χ3v) is 8.77. The van der Waals surface area contributed by atoms with Gasteiger partial charge in [0.15, 0.2) is 5.60 Å². The summed E-state index contributed by atoms with van der Waals surface area (Å²) in [6, 6.07) is 4.86. The number of benzene rings is 1. The van der Waals surface area contributed by atoms with Gasteiger partial charge in [0.1, 0.15) is 18.4 Å². The number of rotatable bonds is 12. The molecule has 5 rings (SSSR count). The largest absolute Gasteiger partial charge is 0.458 e. The minimum Gasteiger partial charge on any atom is -0.458 e. The Morgan fingerprint density at radius 1 is 1.14 bits per heavy atom. The Morgan fingerprint density at radius 3 is 2.57 bits per heavy atom. The van der Waals surface area contributed by atoms with Crippen LogP contribution in [0, 0.1) is 0 Å². The average molecular weight is 674 g/mol. The van der Waals surface area contributed by atoms with E-state index < -0.39 is 41.4 Å². The van der Waals surface area contributed by atoms with E-state index in [0.717, 1.165) is 22.6 Å². The molecule has 5 N–H and O–H groups in total. The lowest BCUT2D eigenvalue weighted by atomic mass is 9.86. The van der Waals surface area contributed by atoms with Crippen LogP contribution in [-0.4, -0.2) is 56.4 Å². The van der Waals surface area contributed by atoms with Gasteiger partial charge in [-0.2, -0.15) is 0 Å². The maximum atomic E-state index is 13.6. The van der Waals surface area contributed by atoms with Gasteiger partial charge in [0.05, 0.1) is 35.4 Å². The van der Waals surface area contributed by atoms with Gasteiger partial charge in [-0.05, 0) is 56.0 Å². The number of aromatic nitrogens is 2. The van der Waals surface area contributed by atoms with E-state index in [4.69, 9.17) is 20.2 Å². The molecule has 2 aliphatic heterocycles. The second-order valence-electron chi connectivity index (χ2n) is 12.2. The summed E-state index contributed by atoms with van der Waals surface area (Å²) in [7, 11) is 0. The molecule has 2 aliphatic rings. The first-order valence-corrected chi connectivity index (χ1v) is 16.2. The van der Waals surface area contributed by atoms with Crippen LogP contribution in [0.1, 0.15) is 75.6 Å². The van der Waals surface area contributed by atoms with Crippen LogP contribution in [0.15, 0.2) is 41.2 Å². The second-order valence-corrected chi connectivity index (χ2v) is 12.2. The normalized spacial score (nSPS) is 17.4. The summed E-state index contributed by atoms with van der Waals surface area (Å²) in [5.74, 6) is -3.00. The van der Waals surface area contributed by atoms with Crippen LogP contribution >= 0.6 is 0 Å². The number of aliphatic hydroxyl groups is 1. The number of amides is 3. The van der Waals surface area contributed by atoms with E-state index in [2.05, 4.69) is 10.6 Å². The van der Waals surface area contributed by atoms with Gasteiger partial charge in [-0.1, -0.05) is 26.8 Å². The van der Waals surface area contributed by atoms with Crippen molar-refractivity contribution < 1.29 is 38.6 Å². The summed E-state index contributed by atoms with van der Waals surface area (Å²) in [6.07, 6.45) is 3.57. The molecule has 1 aromatic carbocycles. The molecule has 14 heteroatoms. The van der Waals surface area contributed by atoms with Crippen molar-refractivity contribution in [2.24, 2.45) is 5.73 Å². The highest BCUT2D eigenvalue weighted by Gasteiger charge is 2.45. The molecule has 3 amide bonds. The predicted molar refractivity (Wildman–Crippen MR) is 177 cm³/mol. The van der Waals surface area contributed by atoms with E-state index in [9.17, 15) is 33.9 Å². The highest BCUT2D eigenvalue weighted by atomic mass is 16.6. The summed E-state index contributed by atoms with van der Waals surface area (Å²) in [4.78, 5) is 79.8. The average Bonchev–Trinajstić information content (AvgIpc) is 3.42. The monoisotopic (exact) mass is 673 g/mol. The number of nitrogens with one attached hydrogen (secondary N) is 2. The van der Waals surface area contributed by atoms with Crippen molar-refractivity contribution in [2.45, 2.75) is 90.6 Å². The number of cyclic esters (lactones) is 1. The number of nitrogens with zero attached hydrogens (tertiary/aromatic N) is 2. The molecule has 49 heavy (non-hydrogen) atoms. The lowest BCUT2D eigenvalue weighted by molar-refractivity contribution is -0.172. The summed E-state index contributed by atoms with van der Waals surface area (Å²) < 4.78 is 12.3. The fourth-order valence-corrected chi connectivity index (χ4v) is 6.26. The van der Waals surface area contributed by atoms with E-state index in [1.54, 1.807) is 42.7 Å². The summed E-state index contributed by atoms with van der Waals surface area (Å²) in [6.45, 7) is 7.05. The van der Waals surface area contributed by atoms with Crippen molar-refractivity contribution in [1.29, 1.82) is 0 Å². The predicted octanol–water partition coefficient (Wildman–Crippen LogP) is 1.77. The number of pyridine rings is 2. The van der Waals surface area contributed by atoms with Crippen molar-refractivity contribution in [1.82, 2.24) is 20.2 Å². The number of hydrogen-bond acceptors (Lipinski definition) is 10. The van der Waals surface area contributed by atoms with Gasteiger partial charge in [0.2, 0.25) is 17.7 Å². The Kier molecular flexibility index (Phi) is 9.99. The molecule has 0 radical (unpaired) electrons. The highest BCUT2D eigenvalue weighted by molar-refractivity contribution is 5.93. The van der Waals surface area contributed by atoms with E-state index >= 15 is 0 Å². The molecule has 0 saturated heterocycles. The van der Waals surface area contributed by atoms with Crippen molar-refractivity contribution in [3.63, 3.8) is 0 Å². The number of fused-ring (bicyclic) bond motifs is 5. The number of aryl methyl sites for hydroxylation is 1. The van der Waals surface area contributed by atoms with E-state index in [1.165, 1.54) is 6.08 Å². The number of primary amides is 1. The Hall–Kier alpha value is -5.37. The zero-order valence-corrected chi connectivity index (χ0v) is 27.8. The van der Waals surface area contributed by atoms with Crippen LogP contribution in [-0.2, 0) is 53.9 Å². The number of ether oxygens (including phenoxy) is 2. The summed E-state index contributed by atoms with van der Waals surface area (Å²) in [5.41, 5.74) is 6.84. The zero-order valence-electron chi connectivity index (χ0n) is 27.8. The maximum Gasteiger partial charge on any atom is 0.343 e. The van der Waals surface area contributed by atoms with Crippen LogP contribution in [0.3, 0.4) is 0 Å². The van der Waals surface area contributed by atoms with Crippen LogP contribution in [0.5, 0.6) is 5.75 Å². The Labute approximate surface area is 281 Å². The first-order chi connectivity index (χ1) is 23.3. The summed E-state index contributed by atoms with van der Waals surface area (Å²) >= 11 is 0. The van der Waals surface area contributed by atoms with Crippen LogP contribution in [0.2, 0.25) is 0 Å². The minimum absolute atomic E-state index is 0.0420. The van der Waals surface area contributed by atoms with E-state index in [0.29, 0.717) is 29.7 Å². The van der Waals surface area contributed by atoms with E-state index in [1.807, 2.05) is 13.8 Å². The lowest BCUT2D eigenvalue weighted by Crippen LogP contribution is -2.50. The fraction of sp³-hybridized carbons (Fsp3) is 0.400. The number of carbonyl (C=O) groups excluding carboxylic acids is 5. The first-order valence-electron chi connectivity index (χ1n) is 16.2. The molecule has 14 nitrogen and oxygen atoms in total. The minimum atomic E-state index is -1.93. The topological polar surface area (TPSA) is 209 Å². The smallest absolute Gasteiger partial charge is 0.343 e. The van der Waals surface area contributed by atoms with Crippen molar-refractivity contribution in [3.05, 3.63) is 69.0 Å². The molecular weight excluding hydrogens is 634 g/mol. The fourth-order valence-electron chi connectivity index (χ4n) is 6.26. The number of carbonyl (C=O) groups is 5. The van der Waals surface area contributed by atoms with Gasteiger partial charge in [0.25, 0.3) is 5.56 Å². The van der Waals surface area contributed by atoms with Crippen molar-refractivity contribution >= 4 is 40.6 Å². The molecule has 2 aromatic heterocycles. The molecule has 3 aromatic rings. The van der Waals surface area contributed by atoms with Crippen LogP contribution in [0.4, 0.5) is 0 Å². The number of nitrogens with two attached hydrogens (primary N) is 1. The Bertz CT molecular complexity index is 1970. The van der Waals surface area contributed by atoms with E-state index in [-0.39, 0.29) is 60.8 Å².